The van der Waals surface area contributed by atoms with Crippen molar-refractivity contribution in [3.8, 4) is 0 Å². The van der Waals surface area contributed by atoms with E-state index in [9.17, 15) is 18.8 Å². The summed E-state index contributed by atoms with van der Waals surface area (Å²) in [5.74, 6) is -1.83. The standard InChI is InChI=1S/C20H19FO4/c1-25-20(24)17-11-16-14(3-2-4-18(16)22)15(19(17)23)10-7-12-5-8-13(21)9-6-12/h5-6,8-9,11,15H,2-4,7,10H2,1H3. The van der Waals surface area contributed by atoms with Gasteiger partial charge in [0.1, 0.15) is 11.4 Å². The van der Waals surface area contributed by atoms with Crippen LogP contribution in [0.4, 0.5) is 4.39 Å². The second-order valence-electron chi connectivity index (χ2n) is 6.35. The molecule has 2 aliphatic rings. The molecule has 1 aromatic carbocycles. The highest BCUT2D eigenvalue weighted by Gasteiger charge is 2.37. The minimum Gasteiger partial charge on any atom is -0.465 e. The van der Waals surface area contributed by atoms with E-state index in [-0.39, 0.29) is 23.0 Å². The van der Waals surface area contributed by atoms with E-state index in [1.165, 1.54) is 25.3 Å². The Hall–Kier alpha value is -2.56. The van der Waals surface area contributed by atoms with Crippen LogP contribution >= 0.6 is 0 Å². The first-order valence-electron chi connectivity index (χ1n) is 8.36. The summed E-state index contributed by atoms with van der Waals surface area (Å²) in [6, 6.07) is 6.13. The lowest BCUT2D eigenvalue weighted by molar-refractivity contribution is -0.138. The Balaban J connectivity index is 1.89. The summed E-state index contributed by atoms with van der Waals surface area (Å²) < 4.78 is 17.7. The van der Waals surface area contributed by atoms with E-state index in [2.05, 4.69) is 0 Å². The first-order valence-corrected chi connectivity index (χ1v) is 8.36. The van der Waals surface area contributed by atoms with E-state index >= 15 is 0 Å². The van der Waals surface area contributed by atoms with Crippen molar-refractivity contribution in [2.24, 2.45) is 5.92 Å². The normalized spacial score (nSPS) is 20.2. The quantitative estimate of drug-likeness (QED) is 0.623. The number of allylic oxidation sites excluding steroid dienone is 3. The molecule has 0 amide bonds. The Morgan fingerprint density at radius 1 is 1.20 bits per heavy atom. The molecule has 25 heavy (non-hydrogen) atoms. The first kappa shape index (κ1) is 17.3. The number of esters is 1. The Morgan fingerprint density at radius 2 is 1.92 bits per heavy atom. The predicted molar refractivity (Wildman–Crippen MR) is 89.2 cm³/mol. The van der Waals surface area contributed by atoms with Gasteiger partial charge < -0.3 is 4.74 Å². The molecule has 4 nitrogen and oxygen atoms in total. The smallest absolute Gasteiger partial charge is 0.341 e. The van der Waals surface area contributed by atoms with Crippen LogP contribution in [0.3, 0.4) is 0 Å². The molecular weight excluding hydrogens is 323 g/mol. The summed E-state index contributed by atoms with van der Waals surface area (Å²) in [5, 5.41) is 0. The molecule has 1 unspecified atom stereocenters. The third-order valence-corrected chi connectivity index (χ3v) is 4.83. The van der Waals surface area contributed by atoms with Crippen LogP contribution < -0.4 is 0 Å². The highest BCUT2D eigenvalue weighted by molar-refractivity contribution is 6.22. The molecule has 1 atom stereocenters. The van der Waals surface area contributed by atoms with E-state index in [0.717, 1.165) is 17.6 Å². The molecule has 2 aliphatic carbocycles. The maximum absolute atomic E-state index is 13.0. The predicted octanol–water partition coefficient (Wildman–Crippen LogP) is 3.11. The zero-order chi connectivity index (χ0) is 18.0. The third kappa shape index (κ3) is 3.45. The molecule has 0 saturated heterocycles. The van der Waals surface area contributed by atoms with Crippen LogP contribution in [0.1, 0.15) is 31.2 Å². The van der Waals surface area contributed by atoms with E-state index in [4.69, 9.17) is 4.74 Å². The summed E-state index contributed by atoms with van der Waals surface area (Å²) in [6.45, 7) is 0. The van der Waals surface area contributed by atoms with Gasteiger partial charge in [0, 0.05) is 17.9 Å². The SMILES string of the molecule is COC(=O)C1=CC2=C(CCCC2=O)C(CCc2ccc(F)cc2)C1=O. The highest BCUT2D eigenvalue weighted by atomic mass is 19.1. The molecule has 5 heteroatoms. The number of methoxy groups -OCH3 is 1. The molecule has 0 fully saturated rings. The van der Waals surface area contributed by atoms with Gasteiger partial charge in [-0.15, -0.1) is 0 Å². The average Bonchev–Trinajstić information content (AvgIpc) is 2.61. The molecule has 0 spiro atoms. The topological polar surface area (TPSA) is 60.4 Å². The van der Waals surface area contributed by atoms with Crippen LogP contribution in [0, 0.1) is 11.7 Å². The van der Waals surface area contributed by atoms with Crippen LogP contribution in [0.5, 0.6) is 0 Å². The monoisotopic (exact) mass is 342 g/mol. The fourth-order valence-electron chi connectivity index (χ4n) is 3.52. The molecular formula is C20H19FO4. The van der Waals surface area contributed by atoms with Gasteiger partial charge in [0.25, 0.3) is 0 Å². The number of carbonyl (C=O) groups excluding carboxylic acids is 3. The average molecular weight is 342 g/mol. The molecule has 0 radical (unpaired) electrons. The van der Waals surface area contributed by atoms with Crippen molar-refractivity contribution in [3.63, 3.8) is 0 Å². The molecule has 0 aliphatic heterocycles. The fourth-order valence-corrected chi connectivity index (χ4v) is 3.52. The largest absolute Gasteiger partial charge is 0.465 e. The van der Waals surface area contributed by atoms with Crippen molar-refractivity contribution in [2.75, 3.05) is 7.11 Å². The number of hydrogen-bond acceptors (Lipinski definition) is 4. The number of Topliss-reactive ketones (excluding diaryl/α,β-unsaturated/α-hetero) is 2. The van der Waals surface area contributed by atoms with Crippen molar-refractivity contribution in [1.82, 2.24) is 0 Å². The van der Waals surface area contributed by atoms with E-state index < -0.39 is 11.9 Å². The van der Waals surface area contributed by atoms with Crippen LogP contribution in [0.15, 0.2) is 47.1 Å². The van der Waals surface area contributed by atoms with Gasteiger partial charge in [-0.1, -0.05) is 12.1 Å². The number of ketones is 2. The number of carbonyl (C=O) groups is 3. The molecule has 130 valence electrons. The number of aryl methyl sites for hydroxylation is 1. The molecule has 0 saturated carbocycles. The summed E-state index contributed by atoms with van der Waals surface area (Å²) in [5.41, 5.74) is 2.18. The molecule has 1 aromatic rings. The third-order valence-electron chi connectivity index (χ3n) is 4.83. The van der Waals surface area contributed by atoms with E-state index in [1.54, 1.807) is 12.1 Å². The zero-order valence-electron chi connectivity index (χ0n) is 14.0. The van der Waals surface area contributed by atoms with Crippen molar-refractivity contribution in [1.29, 1.82) is 0 Å². The molecule has 3 rings (SSSR count). The second-order valence-corrected chi connectivity index (χ2v) is 6.35. The van der Waals surface area contributed by atoms with Gasteiger partial charge >= 0.3 is 5.97 Å². The van der Waals surface area contributed by atoms with Crippen LogP contribution in [-0.4, -0.2) is 24.6 Å². The van der Waals surface area contributed by atoms with Gasteiger partial charge in [-0.3, -0.25) is 9.59 Å². The maximum Gasteiger partial charge on any atom is 0.341 e. The lowest BCUT2D eigenvalue weighted by Gasteiger charge is -2.29. The summed E-state index contributed by atoms with van der Waals surface area (Å²) in [4.78, 5) is 37.0. The number of hydrogen-bond donors (Lipinski definition) is 0. The van der Waals surface area contributed by atoms with E-state index in [0.29, 0.717) is 31.3 Å². The van der Waals surface area contributed by atoms with E-state index in [1.807, 2.05) is 0 Å². The summed E-state index contributed by atoms with van der Waals surface area (Å²) in [6.07, 6.45) is 4.29. The van der Waals surface area contributed by atoms with Crippen LogP contribution in [0.2, 0.25) is 0 Å². The number of halogens is 1. The van der Waals surface area contributed by atoms with Crippen LogP contribution in [0.25, 0.3) is 0 Å². The van der Waals surface area contributed by atoms with Gasteiger partial charge in [0.15, 0.2) is 11.6 Å². The minimum absolute atomic E-state index is 0.0260. The Morgan fingerprint density at radius 3 is 2.60 bits per heavy atom. The van der Waals surface area contributed by atoms with Crippen LogP contribution in [-0.2, 0) is 25.5 Å². The zero-order valence-corrected chi connectivity index (χ0v) is 14.0. The fraction of sp³-hybridized carbons (Fsp3) is 0.350. The Labute approximate surface area is 145 Å². The van der Waals surface area contributed by atoms with Crippen molar-refractivity contribution in [3.05, 3.63) is 58.4 Å². The molecule has 0 bridgehead atoms. The van der Waals surface area contributed by atoms with Gasteiger partial charge in [-0.05, 0) is 55.0 Å². The number of ether oxygens (including phenoxy) is 1. The first-order chi connectivity index (χ1) is 12.0. The number of rotatable bonds is 4. The molecule has 0 heterocycles. The number of benzene rings is 1. The summed E-state index contributed by atoms with van der Waals surface area (Å²) in [7, 11) is 1.22. The van der Waals surface area contributed by atoms with Crippen molar-refractivity contribution >= 4 is 17.5 Å². The van der Waals surface area contributed by atoms with Gasteiger partial charge in [0.2, 0.25) is 0 Å². The van der Waals surface area contributed by atoms with Crippen molar-refractivity contribution in [2.45, 2.75) is 32.1 Å². The van der Waals surface area contributed by atoms with Gasteiger partial charge in [0.05, 0.1) is 7.11 Å². The van der Waals surface area contributed by atoms with Gasteiger partial charge in [-0.2, -0.15) is 0 Å². The van der Waals surface area contributed by atoms with Gasteiger partial charge in [-0.25, -0.2) is 9.18 Å². The Kier molecular flexibility index (Phi) is 4.93. The Bertz CT molecular complexity index is 786. The highest BCUT2D eigenvalue weighted by Crippen LogP contribution is 2.37. The molecule has 0 aromatic heterocycles. The maximum atomic E-state index is 13.0. The van der Waals surface area contributed by atoms with Crippen molar-refractivity contribution < 1.29 is 23.5 Å². The minimum atomic E-state index is -0.707. The summed E-state index contributed by atoms with van der Waals surface area (Å²) >= 11 is 0. The lowest BCUT2D eigenvalue weighted by atomic mass is 9.73. The lowest BCUT2D eigenvalue weighted by Crippen LogP contribution is -2.31. The molecule has 0 N–H and O–H groups in total. The second kappa shape index (κ2) is 7.13.